The van der Waals surface area contributed by atoms with E-state index < -0.39 is 0 Å². The highest BCUT2D eigenvalue weighted by Crippen LogP contribution is 2.38. The topological polar surface area (TPSA) is 30.5 Å². The fourth-order valence-electron chi connectivity index (χ4n) is 3.11. The first kappa shape index (κ1) is 12.8. The van der Waals surface area contributed by atoms with Gasteiger partial charge in [0.05, 0.1) is 0 Å². The average Bonchev–Trinajstić information content (AvgIpc) is 3.04. The Bertz CT molecular complexity index is 452. The van der Waals surface area contributed by atoms with Crippen LogP contribution in [0.5, 0.6) is 11.5 Å². The van der Waals surface area contributed by atoms with E-state index in [0.29, 0.717) is 18.2 Å². The number of rotatable bonds is 4. The number of ether oxygens (including phenoxy) is 2. The highest BCUT2D eigenvalue weighted by atomic mass is 16.7. The zero-order chi connectivity index (χ0) is 13.3. The molecular formula is C16H23NO2. The summed E-state index contributed by atoms with van der Waals surface area (Å²) in [4.78, 5) is 0. The molecule has 1 unspecified atom stereocenters. The van der Waals surface area contributed by atoms with Gasteiger partial charge in [0.25, 0.3) is 0 Å². The molecule has 0 spiro atoms. The van der Waals surface area contributed by atoms with E-state index >= 15 is 0 Å². The second-order valence-corrected chi connectivity index (χ2v) is 6.23. The van der Waals surface area contributed by atoms with Crippen molar-refractivity contribution in [2.24, 2.45) is 5.41 Å². The van der Waals surface area contributed by atoms with Crippen molar-refractivity contribution in [3.8, 4) is 11.5 Å². The molecular weight excluding hydrogens is 238 g/mol. The van der Waals surface area contributed by atoms with Gasteiger partial charge in [-0.2, -0.15) is 0 Å². The predicted molar refractivity (Wildman–Crippen MR) is 75.6 cm³/mol. The van der Waals surface area contributed by atoms with Crippen LogP contribution in [0.3, 0.4) is 0 Å². The highest BCUT2D eigenvalue weighted by molar-refractivity contribution is 5.45. The molecule has 104 valence electrons. The Balaban J connectivity index is 1.62. The van der Waals surface area contributed by atoms with E-state index in [1.54, 1.807) is 0 Å². The van der Waals surface area contributed by atoms with Crippen LogP contribution >= 0.6 is 0 Å². The third-order valence-corrected chi connectivity index (χ3v) is 4.54. The normalized spacial score (nSPS) is 21.6. The molecule has 1 aromatic carbocycles. The van der Waals surface area contributed by atoms with Crippen molar-refractivity contribution in [2.75, 3.05) is 13.3 Å². The standard InChI is InChI=1S/C16H23NO2/c1-12(17-10-16(2)7-3-4-8-16)13-5-6-14-15(9-13)19-11-18-14/h5-6,9,12,17H,3-4,7-8,10-11H2,1-2H3. The monoisotopic (exact) mass is 261 g/mol. The van der Waals surface area contributed by atoms with Gasteiger partial charge in [0, 0.05) is 12.6 Å². The number of nitrogens with one attached hydrogen (secondary N) is 1. The number of hydrogen-bond acceptors (Lipinski definition) is 3. The lowest BCUT2D eigenvalue weighted by Gasteiger charge is -2.26. The Morgan fingerprint density at radius 1 is 1.21 bits per heavy atom. The molecule has 3 heteroatoms. The third-order valence-electron chi connectivity index (χ3n) is 4.54. The van der Waals surface area contributed by atoms with Crippen LogP contribution < -0.4 is 14.8 Å². The second kappa shape index (κ2) is 5.04. The summed E-state index contributed by atoms with van der Waals surface area (Å²) in [7, 11) is 0. The van der Waals surface area contributed by atoms with E-state index in [9.17, 15) is 0 Å². The molecule has 19 heavy (non-hydrogen) atoms. The maximum atomic E-state index is 5.44. The van der Waals surface area contributed by atoms with Crippen LogP contribution in [0, 0.1) is 5.41 Å². The maximum Gasteiger partial charge on any atom is 0.231 e. The van der Waals surface area contributed by atoms with E-state index in [0.717, 1.165) is 18.0 Å². The van der Waals surface area contributed by atoms with Gasteiger partial charge in [-0.15, -0.1) is 0 Å². The summed E-state index contributed by atoms with van der Waals surface area (Å²) >= 11 is 0. The maximum absolute atomic E-state index is 5.44. The van der Waals surface area contributed by atoms with Crippen molar-refractivity contribution >= 4 is 0 Å². The van der Waals surface area contributed by atoms with Crippen LogP contribution in [-0.2, 0) is 0 Å². The molecule has 2 aliphatic rings. The third kappa shape index (κ3) is 2.71. The summed E-state index contributed by atoms with van der Waals surface area (Å²) in [5.74, 6) is 1.73. The quantitative estimate of drug-likeness (QED) is 0.897. The van der Waals surface area contributed by atoms with E-state index in [1.165, 1.54) is 31.2 Å². The second-order valence-electron chi connectivity index (χ2n) is 6.23. The Hall–Kier alpha value is -1.22. The van der Waals surface area contributed by atoms with Crippen LogP contribution in [-0.4, -0.2) is 13.3 Å². The minimum atomic E-state index is 0.346. The lowest BCUT2D eigenvalue weighted by molar-refractivity contribution is 0.174. The highest BCUT2D eigenvalue weighted by Gasteiger charge is 2.28. The summed E-state index contributed by atoms with van der Waals surface area (Å²) in [6.45, 7) is 6.07. The molecule has 1 aliphatic heterocycles. The fourth-order valence-corrected chi connectivity index (χ4v) is 3.11. The molecule has 1 heterocycles. The van der Waals surface area contributed by atoms with Crippen molar-refractivity contribution in [3.05, 3.63) is 23.8 Å². The average molecular weight is 261 g/mol. The van der Waals surface area contributed by atoms with E-state index in [1.807, 2.05) is 6.07 Å². The lowest BCUT2D eigenvalue weighted by atomic mass is 9.88. The summed E-state index contributed by atoms with van der Waals surface area (Å²) in [5, 5.41) is 3.68. The van der Waals surface area contributed by atoms with Crippen molar-refractivity contribution in [1.82, 2.24) is 5.32 Å². The van der Waals surface area contributed by atoms with Gasteiger partial charge < -0.3 is 14.8 Å². The predicted octanol–water partition coefficient (Wildman–Crippen LogP) is 3.65. The first-order chi connectivity index (χ1) is 9.16. The van der Waals surface area contributed by atoms with Gasteiger partial charge in [-0.3, -0.25) is 0 Å². The molecule has 1 N–H and O–H groups in total. The molecule has 1 aliphatic carbocycles. The van der Waals surface area contributed by atoms with E-state index in [2.05, 4.69) is 31.3 Å². The molecule has 1 atom stereocenters. The summed E-state index contributed by atoms with van der Waals surface area (Å²) < 4.78 is 10.8. The van der Waals surface area contributed by atoms with E-state index in [-0.39, 0.29) is 0 Å². The van der Waals surface area contributed by atoms with E-state index in [4.69, 9.17) is 9.47 Å². The Morgan fingerprint density at radius 2 is 1.95 bits per heavy atom. The van der Waals surface area contributed by atoms with Gasteiger partial charge in [0.2, 0.25) is 6.79 Å². The lowest BCUT2D eigenvalue weighted by Crippen LogP contribution is -2.31. The van der Waals surface area contributed by atoms with Gasteiger partial charge in [-0.1, -0.05) is 25.8 Å². The largest absolute Gasteiger partial charge is 0.454 e. The first-order valence-corrected chi connectivity index (χ1v) is 7.29. The molecule has 0 amide bonds. The Labute approximate surface area is 115 Å². The summed E-state index contributed by atoms with van der Waals surface area (Å²) in [6.07, 6.45) is 5.48. The van der Waals surface area contributed by atoms with Crippen LogP contribution in [0.25, 0.3) is 0 Å². The molecule has 3 rings (SSSR count). The van der Waals surface area contributed by atoms with Crippen LogP contribution in [0.4, 0.5) is 0 Å². The minimum Gasteiger partial charge on any atom is -0.454 e. The Kier molecular flexibility index (Phi) is 3.40. The summed E-state index contributed by atoms with van der Waals surface area (Å²) in [5.41, 5.74) is 1.76. The van der Waals surface area contributed by atoms with Crippen LogP contribution in [0.1, 0.15) is 51.1 Å². The van der Waals surface area contributed by atoms with Gasteiger partial charge in [0.15, 0.2) is 11.5 Å². The van der Waals surface area contributed by atoms with Gasteiger partial charge >= 0.3 is 0 Å². The molecule has 0 radical (unpaired) electrons. The van der Waals surface area contributed by atoms with Crippen molar-refractivity contribution < 1.29 is 9.47 Å². The van der Waals surface area contributed by atoms with Crippen molar-refractivity contribution in [1.29, 1.82) is 0 Å². The van der Waals surface area contributed by atoms with Crippen LogP contribution in [0.2, 0.25) is 0 Å². The smallest absolute Gasteiger partial charge is 0.231 e. The SMILES string of the molecule is CC(NCC1(C)CCCC1)c1ccc2c(c1)OCO2. The molecule has 1 aromatic rings. The zero-order valence-electron chi connectivity index (χ0n) is 11.9. The molecule has 1 saturated carbocycles. The zero-order valence-corrected chi connectivity index (χ0v) is 11.9. The van der Waals surface area contributed by atoms with Gasteiger partial charge in [-0.05, 0) is 42.9 Å². The molecule has 0 aromatic heterocycles. The minimum absolute atomic E-state index is 0.346. The number of fused-ring (bicyclic) bond motifs is 1. The Morgan fingerprint density at radius 3 is 2.74 bits per heavy atom. The number of benzene rings is 1. The van der Waals surface area contributed by atoms with Gasteiger partial charge in [0.1, 0.15) is 0 Å². The molecule has 0 bridgehead atoms. The van der Waals surface area contributed by atoms with Crippen molar-refractivity contribution in [2.45, 2.75) is 45.6 Å². The molecule has 0 saturated heterocycles. The van der Waals surface area contributed by atoms with Crippen molar-refractivity contribution in [3.63, 3.8) is 0 Å². The molecule has 3 nitrogen and oxygen atoms in total. The number of hydrogen-bond donors (Lipinski definition) is 1. The summed E-state index contributed by atoms with van der Waals surface area (Å²) in [6, 6.07) is 6.58. The molecule has 1 fully saturated rings. The fraction of sp³-hybridized carbons (Fsp3) is 0.625. The van der Waals surface area contributed by atoms with Crippen LogP contribution in [0.15, 0.2) is 18.2 Å². The first-order valence-electron chi connectivity index (χ1n) is 7.29. The van der Waals surface area contributed by atoms with Gasteiger partial charge in [-0.25, -0.2) is 0 Å².